The van der Waals surface area contributed by atoms with Gasteiger partial charge < -0.3 is 18.9 Å². The molecule has 6 nitrogen and oxygen atoms in total. The summed E-state index contributed by atoms with van der Waals surface area (Å²) in [5.74, 6) is 1.84. The molecule has 0 bridgehead atoms. The summed E-state index contributed by atoms with van der Waals surface area (Å²) in [6.45, 7) is 1.88. The van der Waals surface area contributed by atoms with E-state index in [2.05, 4.69) is 17.0 Å². The van der Waals surface area contributed by atoms with Gasteiger partial charge in [-0.1, -0.05) is 72.3 Å². The van der Waals surface area contributed by atoms with E-state index in [4.69, 9.17) is 30.5 Å². The van der Waals surface area contributed by atoms with E-state index in [0.717, 1.165) is 41.0 Å². The van der Waals surface area contributed by atoms with Crippen molar-refractivity contribution in [2.24, 2.45) is 0 Å². The quantitative estimate of drug-likeness (QED) is 0.124. The maximum absolute atomic E-state index is 12.9. The first-order valence-electron chi connectivity index (χ1n) is 14.0. The van der Waals surface area contributed by atoms with Crippen molar-refractivity contribution >= 4 is 23.6 Å². The molecule has 2 aliphatic heterocycles. The van der Waals surface area contributed by atoms with E-state index in [1.165, 1.54) is 17.2 Å². The summed E-state index contributed by atoms with van der Waals surface area (Å²) in [4.78, 5) is 15.3. The van der Waals surface area contributed by atoms with Crippen LogP contribution in [0.3, 0.4) is 0 Å². The highest BCUT2D eigenvalue weighted by molar-refractivity contribution is 6.31. The molecule has 0 N–H and O–H groups in total. The Bertz CT molecular complexity index is 1620. The zero-order chi connectivity index (χ0) is 29.1. The number of benzene rings is 4. The van der Waals surface area contributed by atoms with E-state index >= 15 is 0 Å². The summed E-state index contributed by atoms with van der Waals surface area (Å²) < 4.78 is 23.5. The molecule has 0 aromatic heterocycles. The fraction of sp³-hybridized carbons (Fsp3) is 0.229. The molecule has 0 spiro atoms. The topological polar surface area (TPSA) is 57.2 Å². The summed E-state index contributed by atoms with van der Waals surface area (Å²) in [6, 6.07) is 25.8. The Morgan fingerprint density at radius 2 is 1.67 bits per heavy atom. The lowest BCUT2D eigenvalue weighted by Crippen LogP contribution is -2.39. The Morgan fingerprint density at radius 1 is 0.929 bits per heavy atom. The molecule has 0 fully saturated rings. The predicted molar refractivity (Wildman–Crippen MR) is 163 cm³/mol. The van der Waals surface area contributed by atoms with Gasteiger partial charge in [0.2, 0.25) is 0 Å². The lowest BCUT2D eigenvalue weighted by atomic mass is 9.83. The molecular formula is C35H32ClNO5. The fourth-order valence-electron chi connectivity index (χ4n) is 5.81. The minimum Gasteiger partial charge on any atom is -0.493 e. The van der Waals surface area contributed by atoms with E-state index in [1.807, 2.05) is 60.7 Å². The first-order chi connectivity index (χ1) is 20.5. The molecule has 2 heterocycles. The van der Waals surface area contributed by atoms with Crippen molar-refractivity contribution in [1.82, 2.24) is 4.90 Å². The Kier molecular flexibility index (Phi) is 8.17. The van der Waals surface area contributed by atoms with Crippen LogP contribution in [-0.4, -0.2) is 31.6 Å². The summed E-state index contributed by atoms with van der Waals surface area (Å²) in [6.07, 6.45) is 4.70. The summed E-state index contributed by atoms with van der Waals surface area (Å²) in [5, 5.41) is 0.599. The molecule has 2 aliphatic rings. The SMILES string of the molecule is COc1cc2c(cc1OCc1ccccc1)C1Cc3c(Cl)cc(OC)c(OC(=O)C=Cc4ccccc4)c3CN1CC2. The van der Waals surface area contributed by atoms with Gasteiger partial charge in [0, 0.05) is 41.9 Å². The second-order valence-electron chi connectivity index (χ2n) is 10.4. The number of methoxy groups -OCH3 is 2. The van der Waals surface area contributed by atoms with Gasteiger partial charge in [-0.05, 0) is 58.9 Å². The van der Waals surface area contributed by atoms with E-state index in [1.54, 1.807) is 26.4 Å². The summed E-state index contributed by atoms with van der Waals surface area (Å²) in [7, 11) is 3.23. The van der Waals surface area contributed by atoms with E-state index in [-0.39, 0.29) is 6.04 Å². The van der Waals surface area contributed by atoms with E-state index in [9.17, 15) is 4.79 Å². The molecule has 0 aliphatic carbocycles. The number of rotatable bonds is 8. The third-order valence-electron chi connectivity index (χ3n) is 7.93. The average molecular weight is 582 g/mol. The first-order valence-corrected chi connectivity index (χ1v) is 14.4. The van der Waals surface area contributed by atoms with E-state index in [0.29, 0.717) is 41.8 Å². The Labute approximate surface area is 251 Å². The van der Waals surface area contributed by atoms with Gasteiger partial charge in [-0.15, -0.1) is 0 Å². The number of halogens is 1. The van der Waals surface area contributed by atoms with Gasteiger partial charge >= 0.3 is 5.97 Å². The third-order valence-corrected chi connectivity index (χ3v) is 8.27. The number of fused-ring (bicyclic) bond motifs is 4. The number of hydrogen-bond donors (Lipinski definition) is 0. The van der Waals surface area contributed by atoms with Crippen LogP contribution in [-0.2, 0) is 30.8 Å². The maximum atomic E-state index is 12.9. The number of nitrogens with zero attached hydrogens (tertiary/aromatic N) is 1. The largest absolute Gasteiger partial charge is 0.493 e. The van der Waals surface area contributed by atoms with Crippen molar-refractivity contribution in [3.8, 4) is 23.0 Å². The van der Waals surface area contributed by atoms with Crippen molar-refractivity contribution in [3.05, 3.63) is 123 Å². The first kappa shape index (κ1) is 27.9. The van der Waals surface area contributed by atoms with Gasteiger partial charge in [-0.3, -0.25) is 4.90 Å². The van der Waals surface area contributed by atoms with Crippen molar-refractivity contribution in [2.45, 2.75) is 32.0 Å². The highest BCUT2D eigenvalue weighted by Crippen LogP contribution is 2.48. The Balaban J connectivity index is 1.30. The Hall–Kier alpha value is -4.26. The highest BCUT2D eigenvalue weighted by atomic mass is 35.5. The standard InChI is InChI=1S/C35H32ClNO5/c1-39-31-17-25-15-16-37-21-28-27(18-30(37)26(25)19-32(31)41-22-24-11-7-4-8-12-24)29(36)20-33(40-2)35(28)42-34(38)14-13-23-9-5-3-6-10-23/h3-14,17,19-20,30H,15-16,18,21-22H2,1-2H3. The van der Waals surface area contributed by atoms with Crippen LogP contribution in [0.4, 0.5) is 0 Å². The van der Waals surface area contributed by atoms with Gasteiger partial charge in [-0.25, -0.2) is 4.79 Å². The number of ether oxygens (including phenoxy) is 4. The minimum absolute atomic E-state index is 0.0960. The lowest BCUT2D eigenvalue weighted by Gasteiger charge is -2.42. The molecule has 0 saturated heterocycles. The van der Waals surface area contributed by atoms with Crippen molar-refractivity contribution in [3.63, 3.8) is 0 Å². The van der Waals surface area contributed by atoms with Gasteiger partial charge in [0.15, 0.2) is 23.0 Å². The van der Waals surface area contributed by atoms with Gasteiger partial charge in [0.1, 0.15) is 6.61 Å². The molecule has 0 amide bonds. The number of esters is 1. The van der Waals surface area contributed by atoms with Gasteiger partial charge in [0.05, 0.1) is 14.2 Å². The van der Waals surface area contributed by atoms with Crippen LogP contribution in [0.25, 0.3) is 6.08 Å². The molecule has 6 rings (SSSR count). The summed E-state index contributed by atoms with van der Waals surface area (Å²) in [5.41, 5.74) is 6.29. The number of hydrogen-bond acceptors (Lipinski definition) is 6. The van der Waals surface area contributed by atoms with Crippen LogP contribution in [0.5, 0.6) is 23.0 Å². The average Bonchev–Trinajstić information content (AvgIpc) is 3.03. The van der Waals surface area contributed by atoms with Crippen LogP contribution in [0, 0.1) is 0 Å². The molecule has 42 heavy (non-hydrogen) atoms. The molecule has 1 unspecified atom stereocenters. The smallest absolute Gasteiger partial charge is 0.336 e. The molecule has 0 radical (unpaired) electrons. The molecule has 214 valence electrons. The van der Waals surface area contributed by atoms with E-state index < -0.39 is 5.97 Å². The van der Waals surface area contributed by atoms with Crippen LogP contribution in [0.2, 0.25) is 5.02 Å². The highest BCUT2D eigenvalue weighted by Gasteiger charge is 2.36. The second-order valence-corrected chi connectivity index (χ2v) is 10.8. The summed E-state index contributed by atoms with van der Waals surface area (Å²) >= 11 is 6.83. The zero-order valence-electron chi connectivity index (χ0n) is 23.6. The zero-order valence-corrected chi connectivity index (χ0v) is 24.4. The van der Waals surface area contributed by atoms with Crippen molar-refractivity contribution in [2.75, 3.05) is 20.8 Å². The van der Waals surface area contributed by atoms with Crippen molar-refractivity contribution in [1.29, 1.82) is 0 Å². The maximum Gasteiger partial charge on any atom is 0.336 e. The minimum atomic E-state index is -0.472. The molecule has 1 atom stereocenters. The van der Waals surface area contributed by atoms with Crippen LogP contribution >= 0.6 is 11.6 Å². The molecule has 0 saturated carbocycles. The molecule has 7 heteroatoms. The van der Waals surface area contributed by atoms with Crippen LogP contribution in [0.15, 0.2) is 84.9 Å². The normalized spacial score (nSPS) is 15.8. The predicted octanol–water partition coefficient (Wildman–Crippen LogP) is 7.21. The monoisotopic (exact) mass is 581 g/mol. The number of carbonyl (C=O) groups excluding carboxylic acids is 1. The fourth-order valence-corrected chi connectivity index (χ4v) is 6.10. The number of carbonyl (C=O) groups is 1. The second kappa shape index (κ2) is 12.3. The lowest BCUT2D eigenvalue weighted by molar-refractivity contribution is -0.129. The molecule has 4 aromatic rings. The van der Waals surface area contributed by atoms with Crippen LogP contribution in [0.1, 0.15) is 39.4 Å². The van der Waals surface area contributed by atoms with Crippen molar-refractivity contribution < 1.29 is 23.7 Å². The molecular weight excluding hydrogens is 550 g/mol. The third kappa shape index (κ3) is 5.73. The Morgan fingerprint density at radius 3 is 2.40 bits per heavy atom. The van der Waals surface area contributed by atoms with Gasteiger partial charge in [-0.2, -0.15) is 0 Å². The molecule has 4 aromatic carbocycles. The van der Waals surface area contributed by atoms with Gasteiger partial charge in [0.25, 0.3) is 0 Å². The van der Waals surface area contributed by atoms with Crippen LogP contribution < -0.4 is 18.9 Å².